The van der Waals surface area contributed by atoms with Gasteiger partial charge < -0.3 is 10.1 Å². The van der Waals surface area contributed by atoms with Crippen LogP contribution in [-0.2, 0) is 4.74 Å². The second kappa shape index (κ2) is 3.55. The zero-order valence-corrected chi connectivity index (χ0v) is 8.58. The third kappa shape index (κ3) is 1.68. The topological polar surface area (TPSA) is 24.5 Å². The van der Waals surface area contributed by atoms with Crippen molar-refractivity contribution in [2.75, 3.05) is 26.2 Å². The van der Waals surface area contributed by atoms with Gasteiger partial charge in [-0.05, 0) is 13.0 Å². The molecule has 64 valence electrons. The van der Waals surface area contributed by atoms with Crippen LogP contribution in [0.5, 0.6) is 0 Å². The Kier molecular flexibility index (Phi) is 2.65. The van der Waals surface area contributed by atoms with Crippen LogP contribution in [0.1, 0.15) is 6.42 Å². The summed E-state index contributed by atoms with van der Waals surface area (Å²) in [6.07, 6.45) is 1.66. The average Bonchev–Trinajstić information content (AvgIpc) is 2.06. The van der Waals surface area contributed by atoms with Gasteiger partial charge in [-0.3, -0.25) is 0 Å². The Morgan fingerprint density at radius 3 is 3.27 bits per heavy atom. The smallest absolute Gasteiger partial charge is 0.0763 e. The van der Waals surface area contributed by atoms with Crippen LogP contribution in [0, 0.1) is 0 Å². The third-order valence-corrected chi connectivity index (χ3v) is 3.58. The zero-order chi connectivity index (χ0) is 7.68. The van der Waals surface area contributed by atoms with Crippen LogP contribution in [0.4, 0.5) is 0 Å². The third-order valence-electron chi connectivity index (χ3n) is 2.38. The summed E-state index contributed by atoms with van der Waals surface area (Å²) in [6.45, 7) is 4.19. The molecule has 0 aliphatic carbocycles. The molecular weight excluding hydrogens is 255 g/mol. The van der Waals surface area contributed by atoms with Crippen molar-refractivity contribution in [2.24, 2.45) is 0 Å². The fourth-order valence-electron chi connectivity index (χ4n) is 1.75. The van der Waals surface area contributed by atoms with E-state index in [9.17, 15) is 0 Å². The summed E-state index contributed by atoms with van der Waals surface area (Å²) in [5.74, 6) is 0. The zero-order valence-electron chi connectivity index (χ0n) is 6.42. The van der Waals surface area contributed by atoms with Gasteiger partial charge in [-0.15, -0.1) is 0 Å². The minimum atomic E-state index is 0.488. The summed E-state index contributed by atoms with van der Waals surface area (Å²) in [5, 5.41) is 3.39. The standard InChI is InChI=1S/C7H13IN2O/c8-10-3-4-11-7-1-2-9-5-6(7)10/h6-7,9H,1-5H2. The Labute approximate surface area is 81.0 Å². The van der Waals surface area contributed by atoms with E-state index >= 15 is 0 Å². The van der Waals surface area contributed by atoms with E-state index in [2.05, 4.69) is 31.3 Å². The fraction of sp³-hybridized carbons (Fsp3) is 1.00. The molecule has 3 nitrogen and oxygen atoms in total. The van der Waals surface area contributed by atoms with Crippen molar-refractivity contribution in [1.29, 1.82) is 0 Å². The number of rotatable bonds is 0. The van der Waals surface area contributed by atoms with Crippen LogP contribution in [0.3, 0.4) is 0 Å². The molecular formula is C7H13IN2O. The van der Waals surface area contributed by atoms with E-state index in [-0.39, 0.29) is 0 Å². The predicted octanol–water partition coefficient (Wildman–Crippen LogP) is 0.399. The van der Waals surface area contributed by atoms with Crippen molar-refractivity contribution in [2.45, 2.75) is 18.6 Å². The maximum Gasteiger partial charge on any atom is 0.0763 e. The molecule has 0 amide bonds. The number of nitrogens with zero attached hydrogens (tertiary/aromatic N) is 1. The van der Waals surface area contributed by atoms with E-state index in [1.807, 2.05) is 0 Å². The lowest BCUT2D eigenvalue weighted by Gasteiger charge is -2.40. The molecule has 2 aliphatic heterocycles. The van der Waals surface area contributed by atoms with Crippen molar-refractivity contribution in [1.82, 2.24) is 8.43 Å². The Hall–Kier alpha value is 0.610. The van der Waals surface area contributed by atoms with Crippen molar-refractivity contribution in [3.63, 3.8) is 0 Å². The van der Waals surface area contributed by atoms with Crippen molar-refractivity contribution in [3.05, 3.63) is 0 Å². The second-order valence-corrected chi connectivity index (χ2v) is 4.33. The normalized spacial score (nSPS) is 40.1. The van der Waals surface area contributed by atoms with Gasteiger partial charge in [-0.2, -0.15) is 0 Å². The summed E-state index contributed by atoms with van der Waals surface area (Å²) in [7, 11) is 0. The number of hydrogen-bond acceptors (Lipinski definition) is 3. The molecule has 11 heavy (non-hydrogen) atoms. The highest BCUT2D eigenvalue weighted by Crippen LogP contribution is 2.21. The Morgan fingerprint density at radius 1 is 1.55 bits per heavy atom. The molecule has 2 unspecified atom stereocenters. The summed E-state index contributed by atoms with van der Waals surface area (Å²) in [6, 6.07) is 0.609. The van der Waals surface area contributed by atoms with Crippen LogP contribution in [0.2, 0.25) is 0 Å². The number of nitrogens with one attached hydrogen (secondary N) is 1. The first-order valence-corrected chi connectivity index (χ1v) is 5.09. The van der Waals surface area contributed by atoms with Gasteiger partial charge in [0.25, 0.3) is 0 Å². The lowest BCUT2D eigenvalue weighted by Crippen LogP contribution is -2.55. The maximum absolute atomic E-state index is 5.67. The molecule has 2 saturated heterocycles. The van der Waals surface area contributed by atoms with Crippen LogP contribution in [0.15, 0.2) is 0 Å². The van der Waals surface area contributed by atoms with Gasteiger partial charge in [-0.1, -0.05) is 0 Å². The van der Waals surface area contributed by atoms with E-state index in [0.29, 0.717) is 12.1 Å². The first-order chi connectivity index (χ1) is 5.38. The molecule has 0 aromatic heterocycles. The van der Waals surface area contributed by atoms with Gasteiger partial charge in [0.15, 0.2) is 0 Å². The first-order valence-electron chi connectivity index (χ1n) is 4.12. The van der Waals surface area contributed by atoms with Crippen LogP contribution < -0.4 is 5.32 Å². The highest BCUT2D eigenvalue weighted by atomic mass is 127. The van der Waals surface area contributed by atoms with Gasteiger partial charge in [0, 0.05) is 36.0 Å². The molecule has 0 aromatic carbocycles. The lowest BCUT2D eigenvalue weighted by molar-refractivity contribution is -0.0437. The number of ether oxygens (including phenoxy) is 1. The first kappa shape index (κ1) is 8.22. The molecule has 4 heteroatoms. The van der Waals surface area contributed by atoms with E-state index in [1.165, 1.54) is 6.42 Å². The van der Waals surface area contributed by atoms with Crippen LogP contribution >= 0.6 is 22.9 Å². The van der Waals surface area contributed by atoms with E-state index in [1.54, 1.807) is 0 Å². The number of piperidine rings is 1. The monoisotopic (exact) mass is 268 g/mol. The van der Waals surface area contributed by atoms with Crippen LogP contribution in [-0.4, -0.2) is 41.5 Å². The molecule has 2 rings (SSSR count). The number of morpholine rings is 1. The lowest BCUT2D eigenvalue weighted by atomic mass is 10.0. The average molecular weight is 268 g/mol. The molecule has 0 spiro atoms. The summed E-state index contributed by atoms with van der Waals surface area (Å²) < 4.78 is 8.04. The summed E-state index contributed by atoms with van der Waals surface area (Å²) in [5.41, 5.74) is 0. The fourth-order valence-corrected chi connectivity index (χ4v) is 2.50. The molecule has 0 saturated carbocycles. The second-order valence-electron chi connectivity index (χ2n) is 3.09. The SMILES string of the molecule is IN1CCOC2CCNCC21. The summed E-state index contributed by atoms with van der Waals surface area (Å²) >= 11 is 2.40. The molecule has 2 atom stereocenters. The van der Waals surface area contributed by atoms with Gasteiger partial charge >= 0.3 is 0 Å². The highest BCUT2D eigenvalue weighted by molar-refractivity contribution is 14.1. The summed E-state index contributed by atoms with van der Waals surface area (Å²) in [4.78, 5) is 0. The highest BCUT2D eigenvalue weighted by Gasteiger charge is 2.32. The molecule has 0 aromatic rings. The molecule has 2 aliphatic rings. The Balaban J connectivity index is 1.99. The molecule has 2 heterocycles. The van der Waals surface area contributed by atoms with Gasteiger partial charge in [0.05, 0.1) is 18.8 Å². The van der Waals surface area contributed by atoms with Gasteiger partial charge in [0.2, 0.25) is 0 Å². The molecule has 2 fully saturated rings. The van der Waals surface area contributed by atoms with E-state index < -0.39 is 0 Å². The van der Waals surface area contributed by atoms with E-state index in [4.69, 9.17) is 4.74 Å². The predicted molar refractivity (Wildman–Crippen MR) is 51.7 cm³/mol. The number of fused-ring (bicyclic) bond motifs is 1. The van der Waals surface area contributed by atoms with Crippen molar-refractivity contribution < 1.29 is 4.74 Å². The van der Waals surface area contributed by atoms with Gasteiger partial charge in [0.1, 0.15) is 0 Å². The minimum Gasteiger partial charge on any atom is -0.375 e. The largest absolute Gasteiger partial charge is 0.375 e. The Morgan fingerprint density at radius 2 is 2.45 bits per heavy atom. The number of hydrogen-bond donors (Lipinski definition) is 1. The quantitative estimate of drug-likeness (QED) is 0.508. The minimum absolute atomic E-state index is 0.488. The Bertz CT molecular complexity index is 142. The molecule has 0 radical (unpaired) electrons. The number of halogens is 1. The van der Waals surface area contributed by atoms with Crippen molar-refractivity contribution in [3.8, 4) is 0 Å². The molecule has 1 N–H and O–H groups in total. The van der Waals surface area contributed by atoms with E-state index in [0.717, 1.165) is 26.2 Å². The van der Waals surface area contributed by atoms with Gasteiger partial charge in [-0.25, -0.2) is 3.11 Å². The maximum atomic E-state index is 5.67. The molecule has 0 bridgehead atoms. The van der Waals surface area contributed by atoms with Crippen molar-refractivity contribution >= 4 is 22.9 Å². The van der Waals surface area contributed by atoms with Crippen LogP contribution in [0.25, 0.3) is 0 Å².